The average Bonchev–Trinajstić information content (AvgIpc) is 2.69. The first-order chi connectivity index (χ1) is 8.54. The van der Waals surface area contributed by atoms with E-state index in [2.05, 4.69) is 9.72 Å². The second-order valence-electron chi connectivity index (χ2n) is 4.13. The van der Waals surface area contributed by atoms with Crippen molar-refractivity contribution in [2.24, 2.45) is 0 Å². The van der Waals surface area contributed by atoms with Gasteiger partial charge in [0.15, 0.2) is 5.82 Å². The van der Waals surface area contributed by atoms with Gasteiger partial charge in [-0.3, -0.25) is 0 Å². The average molecular weight is 253 g/mol. The molecule has 2 unspecified atom stereocenters. The van der Waals surface area contributed by atoms with Crippen LogP contribution in [0.2, 0.25) is 0 Å². The summed E-state index contributed by atoms with van der Waals surface area (Å²) in [4.78, 5) is 17.2. The highest BCUT2D eigenvalue weighted by Crippen LogP contribution is 2.27. The van der Waals surface area contributed by atoms with Crippen LogP contribution in [0.3, 0.4) is 0 Å². The molecule has 0 saturated carbocycles. The highest BCUT2D eigenvalue weighted by atomic mass is 16.5. The van der Waals surface area contributed by atoms with Gasteiger partial charge in [-0.25, -0.2) is 9.78 Å². The number of ether oxygens (including phenoxy) is 1. The third kappa shape index (κ3) is 2.09. The number of nitrogens with two attached hydrogens (primary N) is 1. The maximum absolute atomic E-state index is 11.5. The normalized spacial score (nSPS) is 23.2. The van der Waals surface area contributed by atoms with Crippen LogP contribution >= 0.6 is 0 Å². The Labute approximate surface area is 104 Å². The lowest BCUT2D eigenvalue weighted by atomic mass is 10.2. The summed E-state index contributed by atoms with van der Waals surface area (Å²) < 4.78 is 4.61. The Kier molecular flexibility index (Phi) is 3.35. The van der Waals surface area contributed by atoms with Gasteiger partial charge in [0, 0.05) is 19.3 Å². The smallest absolute Gasteiger partial charge is 0.340 e. The quantitative estimate of drug-likeness (QED) is 0.579. The molecule has 1 aromatic heterocycles. The van der Waals surface area contributed by atoms with Crippen molar-refractivity contribution in [3.63, 3.8) is 0 Å². The van der Waals surface area contributed by atoms with Crippen LogP contribution in [0.15, 0.2) is 12.3 Å². The largest absolute Gasteiger partial charge is 0.465 e. The van der Waals surface area contributed by atoms with Gasteiger partial charge in [-0.1, -0.05) is 0 Å². The SMILES string of the molecule is COC(=O)c1ccnc(N2CC(O)C(O)C2)c1N. The monoisotopic (exact) mass is 253 g/mol. The molecule has 2 heterocycles. The molecule has 1 fully saturated rings. The van der Waals surface area contributed by atoms with Crippen LogP contribution < -0.4 is 10.6 Å². The van der Waals surface area contributed by atoms with Crippen LogP contribution in [0.4, 0.5) is 11.5 Å². The van der Waals surface area contributed by atoms with E-state index in [4.69, 9.17) is 5.73 Å². The molecule has 0 spiro atoms. The minimum Gasteiger partial charge on any atom is -0.465 e. The number of nitrogens with zero attached hydrogens (tertiary/aromatic N) is 2. The third-order valence-electron chi connectivity index (χ3n) is 2.93. The van der Waals surface area contributed by atoms with Crippen molar-refractivity contribution in [1.29, 1.82) is 0 Å². The molecule has 0 aromatic carbocycles. The van der Waals surface area contributed by atoms with E-state index in [1.165, 1.54) is 19.4 Å². The predicted molar refractivity (Wildman–Crippen MR) is 64.2 cm³/mol. The Bertz CT molecular complexity index is 456. The maximum atomic E-state index is 11.5. The molecule has 98 valence electrons. The van der Waals surface area contributed by atoms with Crippen LogP contribution in [-0.4, -0.2) is 53.6 Å². The van der Waals surface area contributed by atoms with Crippen LogP contribution in [0, 0.1) is 0 Å². The number of esters is 1. The molecule has 18 heavy (non-hydrogen) atoms. The van der Waals surface area contributed by atoms with Crippen molar-refractivity contribution in [2.75, 3.05) is 30.8 Å². The lowest BCUT2D eigenvalue weighted by molar-refractivity contribution is 0.0572. The highest BCUT2D eigenvalue weighted by molar-refractivity contribution is 5.97. The van der Waals surface area contributed by atoms with Gasteiger partial charge in [-0.2, -0.15) is 0 Å². The summed E-state index contributed by atoms with van der Waals surface area (Å²) in [7, 11) is 1.27. The first-order valence-electron chi connectivity index (χ1n) is 5.48. The Morgan fingerprint density at radius 3 is 2.67 bits per heavy atom. The summed E-state index contributed by atoms with van der Waals surface area (Å²) in [6.45, 7) is 0.450. The van der Waals surface area contributed by atoms with E-state index in [0.717, 1.165) is 0 Å². The van der Waals surface area contributed by atoms with Gasteiger partial charge in [0.2, 0.25) is 0 Å². The van der Waals surface area contributed by atoms with Gasteiger partial charge in [0.1, 0.15) is 0 Å². The number of nitrogen functional groups attached to an aromatic ring is 1. The number of carbonyl (C=O) groups is 1. The number of pyridine rings is 1. The number of aliphatic hydroxyl groups excluding tert-OH is 2. The Morgan fingerprint density at radius 2 is 2.11 bits per heavy atom. The van der Waals surface area contributed by atoms with Crippen molar-refractivity contribution in [2.45, 2.75) is 12.2 Å². The number of carbonyl (C=O) groups excluding carboxylic acids is 1. The van der Waals surface area contributed by atoms with Gasteiger partial charge in [0.25, 0.3) is 0 Å². The van der Waals surface area contributed by atoms with Crippen LogP contribution in [0.25, 0.3) is 0 Å². The summed E-state index contributed by atoms with van der Waals surface area (Å²) >= 11 is 0. The number of rotatable bonds is 2. The van der Waals surface area contributed by atoms with E-state index in [-0.39, 0.29) is 24.3 Å². The van der Waals surface area contributed by atoms with Crippen LogP contribution in [-0.2, 0) is 4.74 Å². The number of hydrogen-bond acceptors (Lipinski definition) is 7. The molecule has 0 radical (unpaired) electrons. The van der Waals surface area contributed by atoms with E-state index < -0.39 is 18.2 Å². The molecule has 2 rings (SSSR count). The van der Waals surface area contributed by atoms with Crippen molar-refractivity contribution in [1.82, 2.24) is 4.98 Å². The summed E-state index contributed by atoms with van der Waals surface area (Å²) in [5, 5.41) is 19.0. The Balaban J connectivity index is 2.32. The standard InChI is InChI=1S/C11H15N3O4/c1-18-11(17)6-2-3-13-10(9(6)12)14-4-7(15)8(16)5-14/h2-3,7-8,15-16H,4-5,12H2,1H3. The summed E-state index contributed by atoms with van der Waals surface area (Å²) in [5.74, 6) is -0.176. The minimum absolute atomic E-state index is 0.186. The number of β-amino-alcohol motifs (C(OH)–C–C–N with tert-alkyl or cyclic N) is 2. The van der Waals surface area contributed by atoms with Gasteiger partial charge >= 0.3 is 5.97 Å². The third-order valence-corrected chi connectivity index (χ3v) is 2.93. The van der Waals surface area contributed by atoms with E-state index in [9.17, 15) is 15.0 Å². The zero-order valence-corrected chi connectivity index (χ0v) is 9.91. The van der Waals surface area contributed by atoms with E-state index in [1.807, 2.05) is 0 Å². The van der Waals surface area contributed by atoms with E-state index in [1.54, 1.807) is 4.90 Å². The van der Waals surface area contributed by atoms with Crippen LogP contribution in [0.1, 0.15) is 10.4 Å². The number of methoxy groups -OCH3 is 1. The van der Waals surface area contributed by atoms with Crippen LogP contribution in [0.5, 0.6) is 0 Å². The second kappa shape index (κ2) is 4.79. The van der Waals surface area contributed by atoms with Crippen molar-refractivity contribution in [3.05, 3.63) is 17.8 Å². The van der Waals surface area contributed by atoms with Gasteiger partial charge in [-0.15, -0.1) is 0 Å². The summed E-state index contributed by atoms with van der Waals surface area (Å²) in [6.07, 6.45) is -0.240. The lowest BCUT2D eigenvalue weighted by Crippen LogP contribution is -2.24. The fraction of sp³-hybridized carbons (Fsp3) is 0.455. The topological polar surface area (TPSA) is 109 Å². The van der Waals surface area contributed by atoms with Crippen molar-refractivity contribution >= 4 is 17.5 Å². The van der Waals surface area contributed by atoms with Gasteiger partial charge in [0.05, 0.1) is 30.6 Å². The Morgan fingerprint density at radius 1 is 1.50 bits per heavy atom. The zero-order chi connectivity index (χ0) is 13.3. The van der Waals surface area contributed by atoms with Crippen molar-refractivity contribution < 1.29 is 19.7 Å². The number of aromatic nitrogens is 1. The molecule has 1 saturated heterocycles. The summed E-state index contributed by atoms with van der Waals surface area (Å²) in [6, 6.07) is 1.47. The first-order valence-corrected chi connectivity index (χ1v) is 5.48. The number of aliphatic hydroxyl groups is 2. The fourth-order valence-electron chi connectivity index (χ4n) is 1.94. The second-order valence-corrected chi connectivity index (χ2v) is 4.13. The van der Waals surface area contributed by atoms with E-state index >= 15 is 0 Å². The maximum Gasteiger partial charge on any atom is 0.340 e. The molecule has 7 nitrogen and oxygen atoms in total. The lowest BCUT2D eigenvalue weighted by Gasteiger charge is -2.19. The minimum atomic E-state index is -0.840. The predicted octanol–water partition coefficient (Wildman–Crippen LogP) is -1.01. The Hall–Kier alpha value is -1.86. The number of anilines is 2. The molecule has 2 atom stereocenters. The zero-order valence-electron chi connectivity index (χ0n) is 9.91. The van der Waals surface area contributed by atoms with Crippen molar-refractivity contribution in [3.8, 4) is 0 Å². The van der Waals surface area contributed by atoms with E-state index in [0.29, 0.717) is 5.82 Å². The molecule has 1 aromatic rings. The molecule has 0 aliphatic carbocycles. The number of hydrogen-bond donors (Lipinski definition) is 3. The fourth-order valence-corrected chi connectivity index (χ4v) is 1.94. The highest BCUT2D eigenvalue weighted by Gasteiger charge is 2.32. The molecule has 0 bridgehead atoms. The van der Waals surface area contributed by atoms with Gasteiger partial charge in [-0.05, 0) is 6.07 Å². The molecule has 4 N–H and O–H groups in total. The molecule has 0 amide bonds. The van der Waals surface area contributed by atoms with Gasteiger partial charge < -0.3 is 25.6 Å². The first kappa shape index (κ1) is 12.6. The molecular formula is C11H15N3O4. The molecule has 7 heteroatoms. The molecular weight excluding hydrogens is 238 g/mol. The molecule has 1 aliphatic rings. The summed E-state index contributed by atoms with van der Waals surface area (Å²) in [5.41, 5.74) is 6.27. The molecule has 1 aliphatic heterocycles.